The normalized spacial score (nSPS) is 13.2. The topological polar surface area (TPSA) is 126 Å². The molecule has 1 aliphatic heterocycles. The summed E-state index contributed by atoms with van der Waals surface area (Å²) in [6, 6.07) is 8.54. The molecule has 0 saturated carbocycles. The molecule has 0 bridgehead atoms. The third kappa shape index (κ3) is 4.54. The second-order valence-electron chi connectivity index (χ2n) is 6.04. The molecule has 0 aromatic heterocycles. The molecule has 1 heterocycles. The van der Waals surface area contributed by atoms with Crippen LogP contribution in [0, 0.1) is 10.1 Å². The Hall–Kier alpha value is -3.82. The maximum Gasteiger partial charge on any atom is 0.338 e. The largest absolute Gasteiger partial charge is 0.486 e. The van der Waals surface area contributed by atoms with Gasteiger partial charge in [0.05, 0.1) is 17.6 Å². The first-order valence-corrected chi connectivity index (χ1v) is 8.63. The lowest BCUT2D eigenvalue weighted by Gasteiger charge is -2.19. The van der Waals surface area contributed by atoms with E-state index in [0.29, 0.717) is 30.4 Å². The van der Waals surface area contributed by atoms with E-state index in [1.54, 1.807) is 18.2 Å². The lowest BCUT2D eigenvalue weighted by Crippen LogP contribution is -2.30. The number of hydrogen-bond acceptors (Lipinski definition) is 8. The minimum absolute atomic E-state index is 0.0000622. The van der Waals surface area contributed by atoms with Crippen molar-refractivity contribution < 1.29 is 33.5 Å². The number of ether oxygens (including phenoxy) is 4. The third-order valence-corrected chi connectivity index (χ3v) is 4.06. The quantitative estimate of drug-likeness (QED) is 0.444. The average molecular weight is 402 g/mol. The van der Waals surface area contributed by atoms with Gasteiger partial charge in [0.15, 0.2) is 23.4 Å². The number of nitrogens with one attached hydrogen (secondary N) is 1. The molecule has 1 atom stereocenters. The highest BCUT2D eigenvalue weighted by Crippen LogP contribution is 2.33. The van der Waals surface area contributed by atoms with Crippen molar-refractivity contribution in [1.82, 2.24) is 0 Å². The molecule has 10 heteroatoms. The van der Waals surface area contributed by atoms with Crippen LogP contribution in [0.2, 0.25) is 0 Å². The Morgan fingerprint density at radius 1 is 1.14 bits per heavy atom. The van der Waals surface area contributed by atoms with Crippen LogP contribution in [0.3, 0.4) is 0 Å². The number of hydrogen-bond donors (Lipinski definition) is 1. The van der Waals surface area contributed by atoms with Gasteiger partial charge in [0.25, 0.3) is 5.91 Å². The molecule has 10 nitrogen and oxygen atoms in total. The third-order valence-electron chi connectivity index (χ3n) is 4.06. The Bertz CT molecular complexity index is 959. The number of rotatable bonds is 6. The predicted molar refractivity (Wildman–Crippen MR) is 101 cm³/mol. The Morgan fingerprint density at radius 3 is 2.55 bits per heavy atom. The number of anilines is 1. The minimum atomic E-state index is -1.05. The van der Waals surface area contributed by atoms with Gasteiger partial charge in [0.2, 0.25) is 0 Å². The second kappa shape index (κ2) is 8.46. The molecule has 2 aromatic carbocycles. The zero-order valence-electron chi connectivity index (χ0n) is 15.7. The molecular weight excluding hydrogens is 384 g/mol. The molecule has 2 aromatic rings. The summed E-state index contributed by atoms with van der Waals surface area (Å²) in [5.41, 5.74) is 0.0112. The van der Waals surface area contributed by atoms with Gasteiger partial charge in [-0.25, -0.2) is 4.79 Å². The van der Waals surface area contributed by atoms with Crippen LogP contribution in [0.25, 0.3) is 0 Å². The van der Waals surface area contributed by atoms with E-state index in [4.69, 9.17) is 14.2 Å². The van der Waals surface area contributed by atoms with Gasteiger partial charge in [-0.3, -0.25) is 14.9 Å². The fraction of sp³-hybridized carbons (Fsp3) is 0.263. The minimum Gasteiger partial charge on any atom is -0.486 e. The van der Waals surface area contributed by atoms with Gasteiger partial charge < -0.3 is 24.3 Å². The summed E-state index contributed by atoms with van der Waals surface area (Å²) in [6.07, 6.45) is -1.05. The van der Waals surface area contributed by atoms with E-state index < -0.39 is 28.6 Å². The number of nitro groups is 1. The number of amides is 1. The van der Waals surface area contributed by atoms with E-state index >= 15 is 0 Å². The highest BCUT2D eigenvalue weighted by molar-refractivity contribution is 5.94. The van der Waals surface area contributed by atoms with E-state index in [-0.39, 0.29) is 11.3 Å². The number of carbonyl (C=O) groups is 2. The molecule has 0 spiro atoms. The summed E-state index contributed by atoms with van der Waals surface area (Å²) in [4.78, 5) is 34.6. The lowest BCUT2D eigenvalue weighted by molar-refractivity contribution is -0.386. The summed E-state index contributed by atoms with van der Waals surface area (Å²) < 4.78 is 20.9. The van der Waals surface area contributed by atoms with E-state index in [1.807, 2.05) is 0 Å². The fourth-order valence-corrected chi connectivity index (χ4v) is 2.61. The van der Waals surface area contributed by atoms with Crippen molar-refractivity contribution in [2.24, 2.45) is 0 Å². The highest BCUT2D eigenvalue weighted by Gasteiger charge is 2.24. The van der Waals surface area contributed by atoms with Crippen LogP contribution in [-0.2, 0) is 9.53 Å². The van der Waals surface area contributed by atoms with Crippen LogP contribution >= 0.6 is 0 Å². The SMILES string of the molecule is COC(=O)c1ccc(O[C@H](C)C(=O)Nc2ccc3c(c2)OCCO3)c([N+](=O)[O-])c1. The predicted octanol–water partition coefficient (Wildman–Crippen LogP) is 2.56. The maximum atomic E-state index is 12.4. The Balaban J connectivity index is 1.72. The molecule has 0 radical (unpaired) electrons. The maximum absolute atomic E-state index is 12.4. The van der Waals surface area contributed by atoms with E-state index in [2.05, 4.69) is 10.1 Å². The number of fused-ring (bicyclic) bond motifs is 1. The van der Waals surface area contributed by atoms with Gasteiger partial charge in [0.1, 0.15) is 13.2 Å². The number of nitro benzene ring substituents is 1. The Morgan fingerprint density at radius 2 is 1.86 bits per heavy atom. The van der Waals surface area contributed by atoms with Crippen LogP contribution in [0.5, 0.6) is 17.2 Å². The number of benzene rings is 2. The molecule has 0 aliphatic carbocycles. The standard InChI is InChI=1S/C19H18N2O8/c1-11(18(22)20-13-4-6-16-17(10-13)28-8-7-27-16)29-15-5-3-12(19(23)26-2)9-14(15)21(24)25/h3-6,9-11H,7-8H2,1-2H3,(H,20,22)/t11-/m1/s1. The van der Waals surface area contributed by atoms with Crippen molar-refractivity contribution in [2.45, 2.75) is 13.0 Å². The number of carbonyl (C=O) groups excluding carboxylic acids is 2. The van der Waals surface area contributed by atoms with Gasteiger partial charge in [-0.15, -0.1) is 0 Å². The summed E-state index contributed by atoms with van der Waals surface area (Å²) in [5.74, 6) is -0.291. The van der Waals surface area contributed by atoms with Crippen molar-refractivity contribution in [2.75, 3.05) is 25.6 Å². The fourth-order valence-electron chi connectivity index (χ4n) is 2.61. The summed E-state index contributed by atoms with van der Waals surface area (Å²) >= 11 is 0. The van der Waals surface area contributed by atoms with Crippen LogP contribution in [0.1, 0.15) is 17.3 Å². The van der Waals surface area contributed by atoms with Gasteiger partial charge in [0, 0.05) is 17.8 Å². The first-order valence-electron chi connectivity index (χ1n) is 8.63. The molecule has 0 fully saturated rings. The van der Waals surface area contributed by atoms with Gasteiger partial charge in [-0.1, -0.05) is 0 Å². The number of esters is 1. The van der Waals surface area contributed by atoms with Crippen LogP contribution in [0.15, 0.2) is 36.4 Å². The van der Waals surface area contributed by atoms with Gasteiger partial charge in [-0.2, -0.15) is 0 Å². The van der Waals surface area contributed by atoms with Crippen LogP contribution in [-0.4, -0.2) is 43.2 Å². The zero-order chi connectivity index (χ0) is 21.0. The van der Waals surface area contributed by atoms with Crippen molar-refractivity contribution in [3.63, 3.8) is 0 Å². The van der Waals surface area contributed by atoms with E-state index in [0.717, 1.165) is 6.07 Å². The monoisotopic (exact) mass is 402 g/mol. The van der Waals surface area contributed by atoms with Gasteiger partial charge in [-0.05, 0) is 31.2 Å². The molecule has 1 amide bonds. The van der Waals surface area contributed by atoms with Crippen LogP contribution in [0.4, 0.5) is 11.4 Å². The second-order valence-corrected chi connectivity index (χ2v) is 6.04. The highest BCUT2D eigenvalue weighted by atomic mass is 16.6. The molecule has 152 valence electrons. The Labute approximate surface area is 165 Å². The molecule has 0 saturated heterocycles. The summed E-state index contributed by atoms with van der Waals surface area (Å²) in [7, 11) is 1.17. The van der Waals surface area contributed by atoms with Gasteiger partial charge >= 0.3 is 11.7 Å². The first-order chi connectivity index (χ1) is 13.9. The lowest BCUT2D eigenvalue weighted by atomic mass is 10.2. The van der Waals surface area contributed by atoms with Crippen molar-refractivity contribution in [1.29, 1.82) is 0 Å². The smallest absolute Gasteiger partial charge is 0.338 e. The number of methoxy groups -OCH3 is 1. The molecule has 1 aliphatic rings. The molecule has 1 N–H and O–H groups in total. The summed E-state index contributed by atoms with van der Waals surface area (Å²) in [5, 5.41) is 14.0. The van der Waals surface area contributed by atoms with E-state index in [1.165, 1.54) is 26.2 Å². The molecular formula is C19H18N2O8. The first kappa shape index (κ1) is 19.9. The average Bonchev–Trinajstić information content (AvgIpc) is 2.73. The molecule has 3 rings (SSSR count). The number of nitrogens with zero attached hydrogens (tertiary/aromatic N) is 1. The molecule has 0 unspecified atom stereocenters. The van der Waals surface area contributed by atoms with Crippen molar-refractivity contribution in [3.05, 3.63) is 52.1 Å². The zero-order valence-corrected chi connectivity index (χ0v) is 15.7. The van der Waals surface area contributed by atoms with Crippen molar-refractivity contribution in [3.8, 4) is 17.2 Å². The Kier molecular flexibility index (Phi) is 5.82. The van der Waals surface area contributed by atoms with E-state index in [9.17, 15) is 19.7 Å². The van der Waals surface area contributed by atoms with Crippen LogP contribution < -0.4 is 19.5 Å². The summed E-state index contributed by atoms with van der Waals surface area (Å²) in [6.45, 7) is 2.32. The molecule has 29 heavy (non-hydrogen) atoms. The van der Waals surface area contributed by atoms with Crippen molar-refractivity contribution >= 4 is 23.3 Å².